The molecule has 2 aromatic rings. The van der Waals surface area contributed by atoms with Crippen molar-refractivity contribution < 1.29 is 23.9 Å². The number of nitrogens with zero attached hydrogens (tertiary/aromatic N) is 2. The average molecular weight is 401 g/mol. The van der Waals surface area contributed by atoms with Gasteiger partial charge in [-0.1, -0.05) is 12.1 Å². The zero-order valence-electron chi connectivity index (χ0n) is 15.4. The Kier molecular flexibility index (Phi) is 7.65. The van der Waals surface area contributed by atoms with Gasteiger partial charge in [-0.15, -0.1) is 11.3 Å². The molecule has 1 aromatic carbocycles. The topological polar surface area (TPSA) is 118 Å². The van der Waals surface area contributed by atoms with Gasteiger partial charge in [0.05, 0.1) is 18.2 Å². The zero-order chi connectivity index (χ0) is 20.5. The molecule has 8 nitrogen and oxygen atoms in total. The molecule has 0 aliphatic heterocycles. The molecule has 0 spiro atoms. The monoisotopic (exact) mass is 401 g/mol. The summed E-state index contributed by atoms with van der Waals surface area (Å²) in [6.07, 6.45) is 0. The van der Waals surface area contributed by atoms with Crippen LogP contribution in [-0.4, -0.2) is 42.4 Å². The molecule has 28 heavy (non-hydrogen) atoms. The van der Waals surface area contributed by atoms with Crippen molar-refractivity contribution in [3.8, 4) is 11.8 Å². The summed E-state index contributed by atoms with van der Waals surface area (Å²) < 4.78 is 10.2. The Morgan fingerprint density at radius 2 is 2.07 bits per heavy atom. The highest BCUT2D eigenvalue weighted by Crippen LogP contribution is 2.21. The van der Waals surface area contributed by atoms with Gasteiger partial charge in [-0.2, -0.15) is 5.26 Å². The Balaban J connectivity index is 1.85. The fourth-order valence-corrected chi connectivity index (χ4v) is 3.10. The van der Waals surface area contributed by atoms with E-state index in [-0.39, 0.29) is 5.56 Å². The number of carbonyl (C=O) groups is 3. The normalized spacial score (nSPS) is 11.2. The molecule has 1 aromatic heterocycles. The van der Waals surface area contributed by atoms with Crippen molar-refractivity contribution in [3.05, 3.63) is 45.9 Å². The first kappa shape index (κ1) is 21.1. The Morgan fingerprint density at radius 3 is 2.71 bits per heavy atom. The quantitative estimate of drug-likeness (QED) is 0.638. The van der Waals surface area contributed by atoms with Crippen LogP contribution >= 0.6 is 11.3 Å². The Labute approximate surface area is 166 Å². The molecular weight excluding hydrogens is 382 g/mol. The second-order valence-corrected chi connectivity index (χ2v) is 6.52. The predicted octanol–water partition coefficient (Wildman–Crippen LogP) is 2.00. The SMILES string of the molecule is CCOc1ccccc1C(=O)NCC(=O)OCC(=O)[C@@H](C#N)c1nc(C)cs1. The van der Waals surface area contributed by atoms with Gasteiger partial charge in [-0.25, -0.2) is 4.98 Å². The van der Waals surface area contributed by atoms with Crippen molar-refractivity contribution in [2.24, 2.45) is 0 Å². The molecular formula is C19H19N3O5S. The number of thiazole rings is 1. The van der Waals surface area contributed by atoms with E-state index in [9.17, 15) is 19.6 Å². The number of rotatable bonds is 9. The summed E-state index contributed by atoms with van der Waals surface area (Å²) in [6, 6.07) is 8.50. The first-order valence-electron chi connectivity index (χ1n) is 8.46. The molecule has 1 amide bonds. The molecule has 0 aliphatic rings. The van der Waals surface area contributed by atoms with Crippen molar-refractivity contribution in [2.45, 2.75) is 19.8 Å². The van der Waals surface area contributed by atoms with Gasteiger partial charge in [-0.3, -0.25) is 14.4 Å². The first-order valence-corrected chi connectivity index (χ1v) is 9.34. The Bertz CT molecular complexity index is 903. The summed E-state index contributed by atoms with van der Waals surface area (Å²) in [6.45, 7) is 2.96. The molecule has 0 bridgehead atoms. The van der Waals surface area contributed by atoms with Gasteiger partial charge in [0.15, 0.2) is 18.3 Å². The molecule has 2 rings (SSSR count). The van der Waals surface area contributed by atoms with Crippen molar-refractivity contribution in [2.75, 3.05) is 19.8 Å². The number of aryl methyl sites for hydroxylation is 1. The number of Topliss-reactive ketones (excluding diaryl/α,β-unsaturated/α-hetero) is 1. The highest BCUT2D eigenvalue weighted by molar-refractivity contribution is 7.09. The maximum Gasteiger partial charge on any atom is 0.325 e. The van der Waals surface area contributed by atoms with E-state index in [4.69, 9.17) is 9.47 Å². The van der Waals surface area contributed by atoms with Gasteiger partial charge in [0.1, 0.15) is 17.3 Å². The first-order chi connectivity index (χ1) is 13.5. The number of para-hydroxylation sites is 1. The maximum absolute atomic E-state index is 12.2. The number of hydrogen-bond donors (Lipinski definition) is 1. The molecule has 1 heterocycles. The number of ether oxygens (including phenoxy) is 2. The fourth-order valence-electron chi connectivity index (χ4n) is 2.24. The van der Waals surface area contributed by atoms with E-state index in [1.807, 2.05) is 6.07 Å². The number of amides is 1. The fraction of sp³-hybridized carbons (Fsp3) is 0.316. The third-order valence-electron chi connectivity index (χ3n) is 3.54. The predicted molar refractivity (Wildman–Crippen MR) is 101 cm³/mol. The summed E-state index contributed by atoms with van der Waals surface area (Å²) >= 11 is 1.20. The minimum atomic E-state index is -1.08. The van der Waals surface area contributed by atoms with E-state index < -0.39 is 36.7 Å². The van der Waals surface area contributed by atoms with Crippen molar-refractivity contribution in [3.63, 3.8) is 0 Å². The molecule has 146 valence electrons. The van der Waals surface area contributed by atoms with Crippen LogP contribution < -0.4 is 10.1 Å². The molecule has 0 saturated carbocycles. The second-order valence-electron chi connectivity index (χ2n) is 5.63. The number of esters is 1. The van der Waals surface area contributed by atoms with E-state index in [1.165, 1.54) is 11.3 Å². The smallest absolute Gasteiger partial charge is 0.325 e. The van der Waals surface area contributed by atoms with Crippen LogP contribution in [0.5, 0.6) is 5.75 Å². The summed E-state index contributed by atoms with van der Waals surface area (Å²) in [5, 5.41) is 13.7. The number of aromatic nitrogens is 1. The largest absolute Gasteiger partial charge is 0.493 e. The molecule has 1 N–H and O–H groups in total. The summed E-state index contributed by atoms with van der Waals surface area (Å²) in [7, 11) is 0. The zero-order valence-corrected chi connectivity index (χ0v) is 16.2. The maximum atomic E-state index is 12.2. The van der Waals surface area contributed by atoms with E-state index in [1.54, 1.807) is 43.5 Å². The number of nitriles is 1. The standard InChI is InChI=1S/C19H19N3O5S/c1-3-26-16-7-5-4-6-13(16)18(25)21-9-17(24)27-10-15(23)14(8-20)19-22-12(2)11-28-19/h4-7,11,14H,3,9-10H2,1-2H3,(H,21,25)/t14-/m1/s1. The summed E-state index contributed by atoms with van der Waals surface area (Å²) in [4.78, 5) is 40.3. The van der Waals surface area contributed by atoms with Crippen LogP contribution in [0.25, 0.3) is 0 Å². The van der Waals surface area contributed by atoms with Crippen LogP contribution in [0, 0.1) is 18.3 Å². The van der Waals surface area contributed by atoms with Crippen LogP contribution in [0.4, 0.5) is 0 Å². The van der Waals surface area contributed by atoms with Gasteiger partial charge in [-0.05, 0) is 26.0 Å². The van der Waals surface area contributed by atoms with E-state index in [2.05, 4.69) is 10.3 Å². The lowest BCUT2D eigenvalue weighted by Crippen LogP contribution is -2.32. The highest BCUT2D eigenvalue weighted by Gasteiger charge is 2.24. The minimum absolute atomic E-state index is 0.289. The Hall–Kier alpha value is -3.25. The molecule has 0 fully saturated rings. The van der Waals surface area contributed by atoms with Crippen molar-refractivity contribution in [1.29, 1.82) is 5.26 Å². The van der Waals surface area contributed by atoms with Crippen LogP contribution in [0.2, 0.25) is 0 Å². The second kappa shape index (κ2) is 10.2. The Morgan fingerprint density at radius 1 is 1.32 bits per heavy atom. The van der Waals surface area contributed by atoms with Gasteiger partial charge in [0.25, 0.3) is 5.91 Å². The lowest BCUT2D eigenvalue weighted by Gasteiger charge is -2.10. The third-order valence-corrected chi connectivity index (χ3v) is 4.56. The molecule has 0 saturated heterocycles. The van der Waals surface area contributed by atoms with E-state index in [0.717, 1.165) is 0 Å². The lowest BCUT2D eigenvalue weighted by atomic mass is 10.1. The van der Waals surface area contributed by atoms with Crippen LogP contribution in [0.3, 0.4) is 0 Å². The molecule has 0 aliphatic carbocycles. The molecule has 0 unspecified atom stereocenters. The third kappa shape index (κ3) is 5.62. The summed E-state index contributed by atoms with van der Waals surface area (Å²) in [5.41, 5.74) is 0.997. The number of hydrogen-bond acceptors (Lipinski definition) is 8. The summed E-state index contributed by atoms with van der Waals surface area (Å²) in [5.74, 6) is -2.54. The van der Waals surface area contributed by atoms with Crippen LogP contribution in [0.15, 0.2) is 29.6 Å². The number of nitrogens with one attached hydrogen (secondary N) is 1. The molecule has 0 radical (unpaired) electrons. The van der Waals surface area contributed by atoms with Crippen molar-refractivity contribution in [1.82, 2.24) is 10.3 Å². The van der Waals surface area contributed by atoms with Crippen LogP contribution in [-0.2, 0) is 14.3 Å². The van der Waals surface area contributed by atoms with Gasteiger partial charge in [0, 0.05) is 11.1 Å². The molecule has 9 heteroatoms. The number of ketones is 1. The van der Waals surface area contributed by atoms with Gasteiger partial charge >= 0.3 is 5.97 Å². The van der Waals surface area contributed by atoms with E-state index in [0.29, 0.717) is 23.1 Å². The minimum Gasteiger partial charge on any atom is -0.493 e. The van der Waals surface area contributed by atoms with Gasteiger partial charge < -0.3 is 14.8 Å². The van der Waals surface area contributed by atoms with Crippen LogP contribution in [0.1, 0.15) is 33.9 Å². The average Bonchev–Trinajstić information content (AvgIpc) is 3.11. The van der Waals surface area contributed by atoms with E-state index >= 15 is 0 Å². The van der Waals surface area contributed by atoms with Gasteiger partial charge in [0.2, 0.25) is 0 Å². The molecule has 1 atom stereocenters. The highest BCUT2D eigenvalue weighted by atomic mass is 32.1. The number of benzene rings is 1. The lowest BCUT2D eigenvalue weighted by molar-refractivity contribution is -0.146. The number of carbonyl (C=O) groups excluding carboxylic acids is 3. The van der Waals surface area contributed by atoms with Crippen molar-refractivity contribution >= 4 is 29.0 Å².